The molecule has 0 spiro atoms. The molecular weight excluding hydrogens is 494 g/mol. The first-order valence-electron chi connectivity index (χ1n) is 11.9. The van der Waals surface area contributed by atoms with Gasteiger partial charge in [-0.1, -0.05) is 49.7 Å². The number of benzene rings is 2. The molecular formula is C28H32BrNO4. The number of rotatable bonds is 8. The van der Waals surface area contributed by atoms with Gasteiger partial charge in [-0.05, 0) is 78.3 Å². The summed E-state index contributed by atoms with van der Waals surface area (Å²) >= 11 is 3.54. The molecule has 0 atom stereocenters. The van der Waals surface area contributed by atoms with E-state index in [1.165, 1.54) is 5.56 Å². The topological polar surface area (TPSA) is 75.6 Å². The molecule has 0 saturated carbocycles. The molecule has 180 valence electrons. The number of aliphatic hydroxyl groups is 1. The molecule has 0 saturated heterocycles. The zero-order valence-corrected chi connectivity index (χ0v) is 21.8. The number of amides is 1. The number of carbonyl (C=O) groups is 2. The second-order valence-corrected chi connectivity index (χ2v) is 10.7. The van der Waals surface area contributed by atoms with Crippen LogP contribution in [0.2, 0.25) is 0 Å². The van der Waals surface area contributed by atoms with E-state index in [9.17, 15) is 14.7 Å². The van der Waals surface area contributed by atoms with E-state index in [-0.39, 0.29) is 23.7 Å². The van der Waals surface area contributed by atoms with Gasteiger partial charge in [0, 0.05) is 27.6 Å². The minimum absolute atomic E-state index is 0.0500. The Kier molecular flexibility index (Phi) is 6.76. The van der Waals surface area contributed by atoms with Gasteiger partial charge in [-0.3, -0.25) is 9.59 Å². The number of allylic oxidation sites excluding steroid dienone is 2. The van der Waals surface area contributed by atoms with Crippen molar-refractivity contribution in [2.75, 3.05) is 13.2 Å². The van der Waals surface area contributed by atoms with Gasteiger partial charge in [0.2, 0.25) is 0 Å². The molecule has 0 aliphatic heterocycles. The third-order valence-electron chi connectivity index (χ3n) is 7.49. The van der Waals surface area contributed by atoms with Gasteiger partial charge in [-0.2, -0.15) is 0 Å². The van der Waals surface area contributed by atoms with Crippen molar-refractivity contribution in [1.29, 1.82) is 0 Å². The Bertz CT molecular complexity index is 1180. The number of hydrogen-bond acceptors (Lipinski definition) is 4. The molecule has 4 rings (SSSR count). The molecule has 5 nitrogen and oxygen atoms in total. The van der Waals surface area contributed by atoms with Gasteiger partial charge in [0.05, 0.1) is 5.60 Å². The minimum atomic E-state index is -0.742. The maximum Gasteiger partial charge on any atom is 0.257 e. The first-order valence-corrected chi connectivity index (χ1v) is 12.7. The Morgan fingerprint density at radius 2 is 1.85 bits per heavy atom. The van der Waals surface area contributed by atoms with E-state index in [1.54, 1.807) is 6.07 Å². The summed E-state index contributed by atoms with van der Waals surface area (Å²) in [5.74, 6) is 0.383. The Labute approximate surface area is 209 Å². The fraction of sp³-hybridized carbons (Fsp3) is 0.429. The fourth-order valence-electron chi connectivity index (χ4n) is 5.05. The maximum atomic E-state index is 13.5. The molecule has 0 heterocycles. The van der Waals surface area contributed by atoms with E-state index >= 15 is 0 Å². The molecule has 2 N–H and O–H groups in total. The molecule has 1 amide bonds. The van der Waals surface area contributed by atoms with Crippen molar-refractivity contribution in [3.05, 3.63) is 68.7 Å². The van der Waals surface area contributed by atoms with Crippen molar-refractivity contribution in [2.24, 2.45) is 0 Å². The van der Waals surface area contributed by atoms with Crippen LogP contribution in [0, 0.1) is 0 Å². The smallest absolute Gasteiger partial charge is 0.257 e. The molecule has 0 bridgehead atoms. The van der Waals surface area contributed by atoms with Gasteiger partial charge < -0.3 is 15.2 Å². The number of Topliss-reactive ketones (excluding diaryl/α,β-unsaturated/α-hetero) is 1. The zero-order valence-electron chi connectivity index (χ0n) is 20.3. The highest BCUT2D eigenvalue weighted by Crippen LogP contribution is 2.50. The zero-order chi connectivity index (χ0) is 24.7. The molecule has 2 aliphatic carbocycles. The number of hydrogen-bond donors (Lipinski definition) is 2. The number of carbonyl (C=O) groups excluding carboxylic acids is 2. The summed E-state index contributed by atoms with van der Waals surface area (Å²) < 4.78 is 6.79. The van der Waals surface area contributed by atoms with Gasteiger partial charge in [-0.25, -0.2) is 0 Å². The molecule has 0 fully saturated rings. The predicted octanol–water partition coefficient (Wildman–Crippen LogP) is 5.37. The molecule has 6 heteroatoms. The molecule has 0 radical (unpaired) electrons. The Balaban J connectivity index is 1.47. The second kappa shape index (κ2) is 9.31. The number of fused-ring (bicyclic) bond motifs is 3. The van der Waals surface area contributed by atoms with Gasteiger partial charge in [0.25, 0.3) is 5.91 Å². The molecule has 0 unspecified atom stereocenters. The first kappa shape index (κ1) is 24.7. The van der Waals surface area contributed by atoms with E-state index in [2.05, 4.69) is 41.2 Å². The number of nitrogens with one attached hydrogen (secondary N) is 1. The van der Waals surface area contributed by atoms with Gasteiger partial charge >= 0.3 is 0 Å². The Hall–Kier alpha value is -2.44. The predicted molar refractivity (Wildman–Crippen MR) is 137 cm³/mol. The normalized spacial score (nSPS) is 16.1. The van der Waals surface area contributed by atoms with Crippen LogP contribution in [0.5, 0.6) is 5.75 Å². The van der Waals surface area contributed by atoms with Crippen molar-refractivity contribution in [2.45, 2.75) is 64.4 Å². The van der Waals surface area contributed by atoms with E-state index < -0.39 is 5.60 Å². The van der Waals surface area contributed by atoms with E-state index in [4.69, 9.17) is 4.74 Å². The van der Waals surface area contributed by atoms with Crippen LogP contribution in [0.4, 0.5) is 0 Å². The van der Waals surface area contributed by atoms with Crippen molar-refractivity contribution in [3.63, 3.8) is 0 Å². The lowest BCUT2D eigenvalue weighted by atomic mass is 9.68. The summed E-state index contributed by atoms with van der Waals surface area (Å²) in [6, 6.07) is 11.6. The van der Waals surface area contributed by atoms with Crippen LogP contribution in [0.3, 0.4) is 0 Å². The van der Waals surface area contributed by atoms with Crippen LogP contribution < -0.4 is 10.1 Å². The lowest BCUT2D eigenvalue weighted by molar-refractivity contribution is -0.123. The first-order chi connectivity index (χ1) is 16.1. The van der Waals surface area contributed by atoms with Crippen LogP contribution in [-0.4, -0.2) is 35.5 Å². The molecule has 0 aromatic heterocycles. The fourth-order valence-corrected chi connectivity index (χ4v) is 5.46. The van der Waals surface area contributed by atoms with Crippen LogP contribution >= 0.6 is 15.9 Å². The lowest BCUT2D eigenvalue weighted by Crippen LogP contribution is -2.36. The van der Waals surface area contributed by atoms with E-state index in [0.29, 0.717) is 37.1 Å². The SMILES string of the molecule is CCC(O)(CC)CCNC(=O)COc1ccc2c(c1)C(C)(C)C1=C(C2=O)c2ccc(Br)cc2C1. The lowest BCUT2D eigenvalue weighted by Gasteiger charge is -2.34. The van der Waals surface area contributed by atoms with Crippen LogP contribution in [0.1, 0.15) is 74.0 Å². The highest BCUT2D eigenvalue weighted by atomic mass is 79.9. The van der Waals surface area contributed by atoms with Gasteiger partial charge in [0.15, 0.2) is 12.4 Å². The summed E-state index contributed by atoms with van der Waals surface area (Å²) in [4.78, 5) is 25.7. The second-order valence-electron chi connectivity index (χ2n) is 9.81. The summed E-state index contributed by atoms with van der Waals surface area (Å²) in [5.41, 5.74) is 4.69. The summed E-state index contributed by atoms with van der Waals surface area (Å²) in [5, 5.41) is 13.2. The van der Waals surface area contributed by atoms with Crippen molar-refractivity contribution in [3.8, 4) is 5.75 Å². The maximum absolute atomic E-state index is 13.5. The Morgan fingerprint density at radius 1 is 1.15 bits per heavy atom. The summed E-state index contributed by atoms with van der Waals surface area (Å²) in [6.07, 6.45) is 2.56. The number of ketones is 1. The molecule has 2 aliphatic rings. The van der Waals surface area contributed by atoms with Crippen molar-refractivity contribution >= 4 is 33.2 Å². The van der Waals surface area contributed by atoms with Crippen LogP contribution in [0.25, 0.3) is 5.57 Å². The quantitative estimate of drug-likeness (QED) is 0.485. The third-order valence-corrected chi connectivity index (χ3v) is 7.99. The highest BCUT2D eigenvalue weighted by molar-refractivity contribution is 9.10. The summed E-state index contributed by atoms with van der Waals surface area (Å²) in [7, 11) is 0. The largest absolute Gasteiger partial charge is 0.484 e. The Morgan fingerprint density at radius 3 is 2.56 bits per heavy atom. The third kappa shape index (κ3) is 4.46. The van der Waals surface area contributed by atoms with Crippen LogP contribution in [-0.2, 0) is 16.6 Å². The average Bonchev–Trinajstić information content (AvgIpc) is 3.21. The monoisotopic (exact) mass is 525 g/mol. The van der Waals surface area contributed by atoms with Crippen molar-refractivity contribution in [1.82, 2.24) is 5.32 Å². The van der Waals surface area contributed by atoms with E-state index in [1.807, 2.05) is 38.1 Å². The summed E-state index contributed by atoms with van der Waals surface area (Å²) in [6.45, 7) is 8.47. The highest BCUT2D eigenvalue weighted by Gasteiger charge is 2.42. The van der Waals surface area contributed by atoms with Crippen LogP contribution in [0.15, 0.2) is 46.4 Å². The van der Waals surface area contributed by atoms with Gasteiger partial charge in [-0.15, -0.1) is 0 Å². The number of ether oxygens (including phenoxy) is 1. The van der Waals surface area contributed by atoms with Crippen molar-refractivity contribution < 1.29 is 19.4 Å². The van der Waals surface area contributed by atoms with E-state index in [0.717, 1.165) is 33.2 Å². The minimum Gasteiger partial charge on any atom is -0.484 e. The standard InChI is InChI=1S/C28H32BrNO4/c1-5-28(33,6-2)11-12-30-24(31)16-34-19-8-10-21-22(15-19)27(3,4)23-14-17-13-18(29)7-9-20(17)25(23)26(21)32/h7-10,13,15,33H,5-6,11-12,14,16H2,1-4H3,(H,30,31). The average molecular weight is 526 g/mol. The molecule has 2 aromatic rings. The van der Waals surface area contributed by atoms with Gasteiger partial charge in [0.1, 0.15) is 5.75 Å². The number of halogens is 1. The molecule has 34 heavy (non-hydrogen) atoms. The molecule has 2 aromatic carbocycles.